The van der Waals surface area contributed by atoms with Crippen molar-refractivity contribution in [1.29, 1.82) is 0 Å². The van der Waals surface area contributed by atoms with Gasteiger partial charge in [0, 0.05) is 19.1 Å². The van der Waals surface area contributed by atoms with Gasteiger partial charge in [0.25, 0.3) is 5.91 Å². The Balaban J connectivity index is 1.87. The second-order valence-electron chi connectivity index (χ2n) is 9.94. The van der Waals surface area contributed by atoms with E-state index >= 15 is 0 Å². The first-order valence-electron chi connectivity index (χ1n) is 14.2. The Morgan fingerprint density at radius 2 is 1.57 bits per heavy atom. The summed E-state index contributed by atoms with van der Waals surface area (Å²) in [4.78, 5) is 25.5. The van der Waals surface area contributed by atoms with Crippen LogP contribution in [-0.4, -0.2) is 62.9 Å². The molecule has 3 aromatic rings. The van der Waals surface area contributed by atoms with E-state index in [4.69, 9.17) is 23.7 Å². The van der Waals surface area contributed by atoms with Crippen molar-refractivity contribution in [1.82, 2.24) is 5.32 Å². The Hall–Kier alpha value is -3.82. The highest BCUT2D eigenvalue weighted by Gasteiger charge is 2.52. The molecule has 0 unspecified atom stereocenters. The molecule has 0 aliphatic carbocycles. The van der Waals surface area contributed by atoms with Gasteiger partial charge in [-0.1, -0.05) is 72.8 Å². The van der Waals surface area contributed by atoms with Gasteiger partial charge in [-0.3, -0.25) is 9.59 Å². The number of amides is 1. The normalized spacial score (nSPS) is 22.7. The summed E-state index contributed by atoms with van der Waals surface area (Å²) in [6.45, 7) is 11.5. The maximum Gasteiger partial charge on any atom is 0.302 e. The van der Waals surface area contributed by atoms with Crippen LogP contribution in [0.5, 0.6) is 0 Å². The molecule has 1 amide bonds. The van der Waals surface area contributed by atoms with Crippen LogP contribution in [0, 0.1) is 5.92 Å². The molecule has 4 rings (SSSR count). The molecule has 1 aliphatic heterocycles. The van der Waals surface area contributed by atoms with Crippen molar-refractivity contribution in [3.8, 4) is 0 Å². The van der Waals surface area contributed by atoms with Gasteiger partial charge in [-0.25, -0.2) is 0 Å². The number of rotatable bonds is 14. The monoisotopic (exact) mass is 573 g/mol. The topological polar surface area (TPSA) is 92.3 Å². The molecule has 0 bridgehead atoms. The number of carbonyl (C=O) groups is 2. The highest BCUT2D eigenvalue weighted by atomic mass is 16.7. The van der Waals surface area contributed by atoms with E-state index in [2.05, 4.69) is 18.5 Å². The first kappa shape index (κ1) is 31.1. The van der Waals surface area contributed by atoms with Crippen LogP contribution in [0.2, 0.25) is 0 Å². The fourth-order valence-corrected chi connectivity index (χ4v) is 5.40. The average Bonchev–Trinajstić information content (AvgIpc) is 3.01. The van der Waals surface area contributed by atoms with Crippen molar-refractivity contribution in [2.45, 2.75) is 44.5 Å². The van der Waals surface area contributed by atoms with Crippen molar-refractivity contribution in [3.63, 3.8) is 0 Å². The van der Waals surface area contributed by atoms with E-state index in [1.807, 2.05) is 67.6 Å². The zero-order chi connectivity index (χ0) is 29.9. The van der Waals surface area contributed by atoms with E-state index in [0.29, 0.717) is 12.2 Å². The molecule has 6 atom stereocenters. The Labute approximate surface area is 247 Å². The summed E-state index contributed by atoms with van der Waals surface area (Å²) in [5.41, 5.74) is 1.40. The zero-order valence-corrected chi connectivity index (χ0v) is 24.1. The molecule has 42 heavy (non-hydrogen) atoms. The lowest BCUT2D eigenvalue weighted by Crippen LogP contribution is -2.61. The van der Waals surface area contributed by atoms with E-state index < -0.39 is 42.5 Å². The van der Waals surface area contributed by atoms with Crippen molar-refractivity contribution >= 4 is 22.6 Å². The summed E-state index contributed by atoms with van der Waals surface area (Å²) < 4.78 is 30.7. The first-order valence-corrected chi connectivity index (χ1v) is 14.2. The SMILES string of the molecule is C=CCO[C@H]1[C@H](OCC=C)[C@@H](COC(C)=O)O[C@@H](OCC)[C@@H]1[C@H](NC(=O)c1ccccc1)c1cccc2ccccc12. The Bertz CT molecular complexity index is 1340. The number of carbonyl (C=O) groups excluding carboxylic acids is 2. The van der Waals surface area contributed by atoms with Gasteiger partial charge in [0.05, 0.1) is 31.3 Å². The summed E-state index contributed by atoms with van der Waals surface area (Å²) in [7, 11) is 0. The van der Waals surface area contributed by atoms with Gasteiger partial charge in [-0.15, -0.1) is 13.2 Å². The number of fused-ring (bicyclic) bond motifs is 1. The number of nitrogens with one attached hydrogen (secondary N) is 1. The number of benzene rings is 3. The molecule has 8 heteroatoms. The van der Waals surface area contributed by atoms with Crippen LogP contribution in [0.15, 0.2) is 98.1 Å². The Kier molecular flexibility index (Phi) is 11.4. The highest BCUT2D eigenvalue weighted by molar-refractivity contribution is 5.95. The van der Waals surface area contributed by atoms with Crippen molar-refractivity contribution in [2.24, 2.45) is 5.92 Å². The first-order chi connectivity index (χ1) is 20.5. The molecular weight excluding hydrogens is 534 g/mol. The van der Waals surface area contributed by atoms with Crippen LogP contribution in [-0.2, 0) is 28.5 Å². The Morgan fingerprint density at radius 3 is 2.26 bits per heavy atom. The number of hydrogen-bond acceptors (Lipinski definition) is 7. The minimum atomic E-state index is -0.839. The molecular formula is C34H39NO7. The lowest BCUT2D eigenvalue weighted by atomic mass is 9.80. The van der Waals surface area contributed by atoms with E-state index in [1.165, 1.54) is 6.92 Å². The molecule has 1 saturated heterocycles. The molecule has 0 saturated carbocycles. The quantitative estimate of drug-likeness (QED) is 0.204. The van der Waals surface area contributed by atoms with Gasteiger partial charge in [-0.2, -0.15) is 0 Å². The Morgan fingerprint density at radius 1 is 0.905 bits per heavy atom. The summed E-state index contributed by atoms with van der Waals surface area (Å²) in [5.74, 6) is -1.27. The lowest BCUT2D eigenvalue weighted by Gasteiger charge is -2.48. The molecule has 0 aromatic heterocycles. The van der Waals surface area contributed by atoms with Crippen LogP contribution >= 0.6 is 0 Å². The zero-order valence-electron chi connectivity index (χ0n) is 24.1. The summed E-state index contributed by atoms with van der Waals surface area (Å²) >= 11 is 0. The van der Waals surface area contributed by atoms with E-state index in [1.54, 1.807) is 24.3 Å². The largest absolute Gasteiger partial charge is 0.463 e. The minimum absolute atomic E-state index is 0.0588. The van der Waals surface area contributed by atoms with E-state index in [9.17, 15) is 9.59 Å². The summed E-state index contributed by atoms with van der Waals surface area (Å²) in [5, 5.41) is 5.28. The molecule has 8 nitrogen and oxygen atoms in total. The third-order valence-corrected chi connectivity index (χ3v) is 7.15. The second kappa shape index (κ2) is 15.4. The van der Waals surface area contributed by atoms with Crippen molar-refractivity contribution in [3.05, 3.63) is 109 Å². The number of hydrogen-bond donors (Lipinski definition) is 1. The van der Waals surface area contributed by atoms with Crippen molar-refractivity contribution in [2.75, 3.05) is 26.4 Å². The van der Waals surface area contributed by atoms with Crippen molar-refractivity contribution < 1.29 is 33.3 Å². The summed E-state index contributed by atoms with van der Waals surface area (Å²) in [6, 6.07) is 22.4. The van der Waals surface area contributed by atoms with Gasteiger partial charge in [-0.05, 0) is 35.4 Å². The smallest absolute Gasteiger partial charge is 0.302 e. The van der Waals surface area contributed by atoms with Crippen LogP contribution in [0.3, 0.4) is 0 Å². The molecule has 1 fully saturated rings. The van der Waals surface area contributed by atoms with Crippen LogP contribution < -0.4 is 5.32 Å². The van der Waals surface area contributed by atoms with Gasteiger partial charge >= 0.3 is 5.97 Å². The molecule has 1 aliphatic rings. The lowest BCUT2D eigenvalue weighted by molar-refractivity contribution is -0.301. The molecule has 0 radical (unpaired) electrons. The van der Waals surface area contributed by atoms with Gasteiger partial charge in [0.15, 0.2) is 6.29 Å². The maximum absolute atomic E-state index is 13.7. The van der Waals surface area contributed by atoms with Gasteiger partial charge in [0.2, 0.25) is 0 Å². The van der Waals surface area contributed by atoms with Gasteiger partial charge < -0.3 is 29.0 Å². The average molecular weight is 574 g/mol. The fourth-order valence-electron chi connectivity index (χ4n) is 5.40. The third-order valence-electron chi connectivity index (χ3n) is 7.15. The predicted octanol–water partition coefficient (Wildman–Crippen LogP) is 5.39. The van der Waals surface area contributed by atoms with Gasteiger partial charge in [0.1, 0.15) is 18.8 Å². The molecule has 0 spiro atoms. The maximum atomic E-state index is 13.7. The number of esters is 1. The van der Waals surface area contributed by atoms with E-state index in [-0.39, 0.29) is 25.7 Å². The van der Waals surface area contributed by atoms with Crippen LogP contribution in [0.1, 0.15) is 35.8 Å². The second-order valence-corrected chi connectivity index (χ2v) is 9.94. The van der Waals surface area contributed by atoms with Crippen LogP contribution in [0.4, 0.5) is 0 Å². The summed E-state index contributed by atoms with van der Waals surface area (Å²) in [6.07, 6.45) is 0.409. The fraction of sp³-hybridized carbons (Fsp3) is 0.353. The third kappa shape index (κ3) is 7.52. The number of ether oxygens (including phenoxy) is 5. The molecule has 1 heterocycles. The molecule has 222 valence electrons. The minimum Gasteiger partial charge on any atom is -0.463 e. The van der Waals surface area contributed by atoms with Crippen LogP contribution in [0.25, 0.3) is 10.8 Å². The standard InChI is InChI=1S/C34H39NO7/c1-5-20-39-31-28(22-41-23(4)36)42-34(38-7-3)29(32(31)40-21-6-2)30(35-33(37)25-15-9-8-10-16-25)27-19-13-17-24-14-11-12-18-26(24)27/h5-6,8-19,28-32,34H,1-2,7,20-22H2,3-4H3,(H,35,37)/t28-,29-,30-,31-,32-,34-/m1/s1. The molecule has 1 N–H and O–H groups in total. The highest BCUT2D eigenvalue weighted by Crippen LogP contribution is 2.41. The van der Waals surface area contributed by atoms with E-state index in [0.717, 1.165) is 16.3 Å². The predicted molar refractivity (Wildman–Crippen MR) is 161 cm³/mol. The molecule has 3 aromatic carbocycles.